The van der Waals surface area contributed by atoms with Gasteiger partial charge in [0.2, 0.25) is 0 Å². The molecule has 0 bridgehead atoms. The van der Waals surface area contributed by atoms with Gasteiger partial charge in [-0.15, -0.1) is 0 Å². The SMILES string of the molecule is CCC(CN(C)CCc1cccc(OC)c1)C(=O)O. The van der Waals surface area contributed by atoms with E-state index in [0.29, 0.717) is 13.0 Å². The van der Waals surface area contributed by atoms with E-state index < -0.39 is 5.97 Å². The molecule has 1 aromatic carbocycles. The first-order valence-corrected chi connectivity index (χ1v) is 6.61. The summed E-state index contributed by atoms with van der Waals surface area (Å²) in [6.45, 7) is 3.35. The van der Waals surface area contributed by atoms with Gasteiger partial charge >= 0.3 is 5.97 Å². The normalized spacial score (nSPS) is 12.4. The second kappa shape index (κ2) is 7.79. The molecule has 0 saturated heterocycles. The Bertz CT molecular complexity index is 406. The van der Waals surface area contributed by atoms with Crippen molar-refractivity contribution in [3.8, 4) is 5.75 Å². The third-order valence-corrected chi connectivity index (χ3v) is 3.29. The summed E-state index contributed by atoms with van der Waals surface area (Å²) in [7, 11) is 3.62. The van der Waals surface area contributed by atoms with Crippen LogP contribution in [-0.2, 0) is 11.2 Å². The Labute approximate surface area is 115 Å². The second-order valence-corrected chi connectivity index (χ2v) is 4.81. The molecule has 0 aromatic heterocycles. The van der Waals surface area contributed by atoms with Gasteiger partial charge in [0.25, 0.3) is 0 Å². The van der Waals surface area contributed by atoms with E-state index >= 15 is 0 Å². The van der Waals surface area contributed by atoms with Crippen molar-refractivity contribution in [1.82, 2.24) is 4.90 Å². The summed E-state index contributed by atoms with van der Waals surface area (Å²) in [5, 5.41) is 9.03. The van der Waals surface area contributed by atoms with Gasteiger partial charge in [-0.1, -0.05) is 19.1 Å². The van der Waals surface area contributed by atoms with Crippen LogP contribution in [0.1, 0.15) is 18.9 Å². The molecule has 0 aliphatic heterocycles. The maximum absolute atomic E-state index is 11.0. The Balaban J connectivity index is 2.44. The van der Waals surface area contributed by atoms with Gasteiger partial charge in [-0.2, -0.15) is 0 Å². The number of rotatable bonds is 8. The molecular formula is C15H23NO3. The van der Waals surface area contributed by atoms with Gasteiger partial charge < -0.3 is 14.7 Å². The first-order chi connectivity index (χ1) is 9.06. The molecule has 0 fully saturated rings. The molecule has 0 spiro atoms. The van der Waals surface area contributed by atoms with Crippen molar-refractivity contribution in [3.05, 3.63) is 29.8 Å². The van der Waals surface area contributed by atoms with Crippen molar-refractivity contribution >= 4 is 5.97 Å². The largest absolute Gasteiger partial charge is 0.497 e. The number of carboxylic acid groups (broad SMARTS) is 1. The average molecular weight is 265 g/mol. The van der Waals surface area contributed by atoms with Crippen molar-refractivity contribution in [2.24, 2.45) is 5.92 Å². The molecule has 1 unspecified atom stereocenters. The Kier molecular flexibility index (Phi) is 6.36. The highest BCUT2D eigenvalue weighted by molar-refractivity contribution is 5.70. The van der Waals surface area contributed by atoms with E-state index in [1.54, 1.807) is 7.11 Å². The van der Waals surface area contributed by atoms with Crippen LogP contribution in [-0.4, -0.2) is 43.2 Å². The number of carbonyl (C=O) groups is 1. The summed E-state index contributed by atoms with van der Waals surface area (Å²) < 4.78 is 5.18. The van der Waals surface area contributed by atoms with Crippen molar-refractivity contribution in [1.29, 1.82) is 0 Å². The highest BCUT2D eigenvalue weighted by Gasteiger charge is 2.16. The zero-order valence-electron chi connectivity index (χ0n) is 11.9. The van der Waals surface area contributed by atoms with Crippen LogP contribution in [0.4, 0.5) is 0 Å². The van der Waals surface area contributed by atoms with E-state index in [-0.39, 0.29) is 5.92 Å². The number of ether oxygens (including phenoxy) is 1. The molecule has 4 heteroatoms. The van der Waals surface area contributed by atoms with E-state index in [9.17, 15) is 4.79 Å². The van der Waals surface area contributed by atoms with Crippen molar-refractivity contribution < 1.29 is 14.6 Å². The zero-order valence-corrected chi connectivity index (χ0v) is 11.9. The van der Waals surface area contributed by atoms with Crippen LogP contribution in [0.25, 0.3) is 0 Å². The Morgan fingerprint density at radius 3 is 2.79 bits per heavy atom. The maximum Gasteiger partial charge on any atom is 0.307 e. The molecule has 0 amide bonds. The number of methoxy groups -OCH3 is 1. The third-order valence-electron chi connectivity index (χ3n) is 3.29. The maximum atomic E-state index is 11.0. The van der Waals surface area contributed by atoms with Crippen LogP contribution < -0.4 is 4.74 Å². The third kappa shape index (κ3) is 5.30. The molecular weight excluding hydrogens is 242 g/mol. The minimum Gasteiger partial charge on any atom is -0.497 e. The van der Waals surface area contributed by atoms with E-state index in [0.717, 1.165) is 18.7 Å². The standard InChI is InChI=1S/C15H23NO3/c1-4-13(15(17)18)11-16(2)9-8-12-6-5-7-14(10-12)19-3/h5-7,10,13H,4,8-9,11H2,1-3H3,(H,17,18). The highest BCUT2D eigenvalue weighted by atomic mass is 16.5. The van der Waals surface area contributed by atoms with Crippen molar-refractivity contribution in [2.75, 3.05) is 27.2 Å². The fourth-order valence-corrected chi connectivity index (χ4v) is 2.00. The smallest absolute Gasteiger partial charge is 0.307 e. The van der Waals surface area contributed by atoms with Crippen molar-refractivity contribution in [2.45, 2.75) is 19.8 Å². The lowest BCUT2D eigenvalue weighted by molar-refractivity contribution is -0.142. The predicted molar refractivity (Wildman–Crippen MR) is 75.6 cm³/mol. The molecule has 4 nitrogen and oxygen atoms in total. The fourth-order valence-electron chi connectivity index (χ4n) is 2.00. The summed E-state index contributed by atoms with van der Waals surface area (Å²) in [6, 6.07) is 7.97. The van der Waals surface area contributed by atoms with E-state index in [2.05, 4.69) is 11.0 Å². The first-order valence-electron chi connectivity index (χ1n) is 6.61. The average Bonchev–Trinajstić information content (AvgIpc) is 2.42. The van der Waals surface area contributed by atoms with Crippen LogP contribution >= 0.6 is 0 Å². The van der Waals surface area contributed by atoms with Gasteiger partial charge in [-0.25, -0.2) is 0 Å². The Morgan fingerprint density at radius 1 is 1.47 bits per heavy atom. The van der Waals surface area contributed by atoms with E-state index in [1.807, 2.05) is 32.2 Å². The van der Waals surface area contributed by atoms with Gasteiger partial charge in [0.1, 0.15) is 5.75 Å². The van der Waals surface area contributed by atoms with Gasteiger partial charge in [-0.05, 0) is 37.6 Å². The van der Waals surface area contributed by atoms with Crippen molar-refractivity contribution in [3.63, 3.8) is 0 Å². The number of carboxylic acids is 1. The first kappa shape index (κ1) is 15.5. The monoisotopic (exact) mass is 265 g/mol. The molecule has 1 rings (SSSR count). The lowest BCUT2D eigenvalue weighted by atomic mass is 10.1. The minimum absolute atomic E-state index is 0.282. The van der Waals surface area contributed by atoms with Crippen LogP contribution in [0.2, 0.25) is 0 Å². The summed E-state index contributed by atoms with van der Waals surface area (Å²) >= 11 is 0. The van der Waals surface area contributed by atoms with Crippen LogP contribution in [0, 0.1) is 5.92 Å². The number of benzene rings is 1. The second-order valence-electron chi connectivity index (χ2n) is 4.81. The topological polar surface area (TPSA) is 49.8 Å². The summed E-state index contributed by atoms with van der Waals surface area (Å²) in [4.78, 5) is 13.1. The van der Waals surface area contributed by atoms with Crippen LogP contribution in [0.5, 0.6) is 5.75 Å². The predicted octanol–water partition coefficient (Wildman–Crippen LogP) is 2.28. The van der Waals surface area contributed by atoms with Gasteiger partial charge in [0.15, 0.2) is 0 Å². The Hall–Kier alpha value is -1.55. The molecule has 106 valence electrons. The lowest BCUT2D eigenvalue weighted by Crippen LogP contribution is -2.31. The molecule has 1 N–H and O–H groups in total. The van der Waals surface area contributed by atoms with E-state index in [4.69, 9.17) is 9.84 Å². The molecule has 1 aromatic rings. The van der Waals surface area contributed by atoms with E-state index in [1.165, 1.54) is 5.56 Å². The van der Waals surface area contributed by atoms with Crippen LogP contribution in [0.3, 0.4) is 0 Å². The van der Waals surface area contributed by atoms with Crippen LogP contribution in [0.15, 0.2) is 24.3 Å². The summed E-state index contributed by atoms with van der Waals surface area (Å²) in [6.07, 6.45) is 1.56. The lowest BCUT2D eigenvalue weighted by Gasteiger charge is -2.20. The molecule has 0 aliphatic carbocycles. The number of likely N-dealkylation sites (N-methyl/N-ethyl adjacent to an activating group) is 1. The van der Waals surface area contributed by atoms with Gasteiger partial charge in [-0.3, -0.25) is 4.79 Å². The summed E-state index contributed by atoms with van der Waals surface area (Å²) in [5.74, 6) is -0.136. The Morgan fingerprint density at radius 2 is 2.21 bits per heavy atom. The quantitative estimate of drug-likeness (QED) is 0.783. The fraction of sp³-hybridized carbons (Fsp3) is 0.533. The molecule has 0 aliphatic rings. The number of hydrogen-bond donors (Lipinski definition) is 1. The highest BCUT2D eigenvalue weighted by Crippen LogP contribution is 2.13. The minimum atomic E-state index is -0.712. The number of aliphatic carboxylic acids is 1. The molecule has 0 heterocycles. The van der Waals surface area contributed by atoms with Gasteiger partial charge in [0.05, 0.1) is 13.0 Å². The van der Waals surface area contributed by atoms with Gasteiger partial charge in [0, 0.05) is 13.1 Å². The zero-order chi connectivity index (χ0) is 14.3. The number of nitrogens with zero attached hydrogens (tertiary/aromatic N) is 1. The molecule has 19 heavy (non-hydrogen) atoms. The molecule has 1 atom stereocenters. The molecule has 0 saturated carbocycles. The number of hydrogen-bond acceptors (Lipinski definition) is 3. The molecule has 0 radical (unpaired) electrons. The summed E-state index contributed by atoms with van der Waals surface area (Å²) in [5.41, 5.74) is 1.20.